The first-order chi connectivity index (χ1) is 25.1. The summed E-state index contributed by atoms with van der Waals surface area (Å²) < 4.78 is 70.0. The average Bonchev–Trinajstić information content (AvgIpc) is 3.11. The fourth-order valence-electron chi connectivity index (χ4n) is 5.23. The van der Waals surface area contributed by atoms with E-state index in [9.17, 15) is 25.9 Å². The van der Waals surface area contributed by atoms with Crippen LogP contribution < -0.4 is 82.0 Å². The Morgan fingerprint density at radius 2 is 0.964 bits per heavy atom. The van der Waals surface area contributed by atoms with Crippen molar-refractivity contribution in [3.63, 3.8) is 0 Å². The summed E-state index contributed by atoms with van der Waals surface area (Å²) in [5.74, 6) is 0. The monoisotopic (exact) mass is 794 g/mol. The quantitative estimate of drug-likeness (QED) is 0.0716. The maximum atomic E-state index is 11.7. The molecule has 0 heterocycles. The van der Waals surface area contributed by atoms with Gasteiger partial charge in [-0.15, -0.1) is 20.5 Å². The molecular formula is C35H28N10Na2O6S2. The Labute approximate surface area is 359 Å². The fraction of sp³-hybridized carbons (Fsp3) is 0.0286. The second-order valence-corrected chi connectivity index (χ2v) is 14.3. The molecule has 0 radical (unpaired) electrons. The van der Waals surface area contributed by atoms with Gasteiger partial charge in [-0.2, -0.15) is 10.2 Å². The van der Waals surface area contributed by atoms with E-state index >= 15 is 0 Å². The van der Waals surface area contributed by atoms with Crippen molar-refractivity contribution < 1.29 is 85.1 Å². The number of rotatable bonds is 9. The van der Waals surface area contributed by atoms with Crippen molar-refractivity contribution >= 4 is 87.9 Å². The molecule has 0 fully saturated rings. The van der Waals surface area contributed by atoms with Crippen molar-refractivity contribution in [3.05, 3.63) is 109 Å². The number of azo groups is 3. The molecule has 16 nitrogen and oxygen atoms in total. The molecule has 0 unspecified atom stereocenters. The van der Waals surface area contributed by atoms with Gasteiger partial charge < -0.3 is 32.0 Å². The van der Waals surface area contributed by atoms with Crippen LogP contribution in [0.4, 0.5) is 56.9 Å². The maximum absolute atomic E-state index is 11.7. The number of fused-ring (bicyclic) bond motifs is 1. The predicted molar refractivity (Wildman–Crippen MR) is 200 cm³/mol. The molecule has 0 aliphatic heterocycles. The second-order valence-electron chi connectivity index (χ2n) is 11.6. The SMILES string of the molecule is Cc1cc(S(=O)(=O)[O-])c(N)c(N=Nc2ccc(-c3ccc(N=Nc4cc(N=Nc5ccc(S(=O)(=O)[O-])c6ccccc56)c(N)cc4N)cc3)cc2)c1N.[Na+].[Na+]. The van der Waals surface area contributed by atoms with Gasteiger partial charge in [-0.25, -0.2) is 16.8 Å². The van der Waals surface area contributed by atoms with Gasteiger partial charge in [-0.1, -0.05) is 48.5 Å². The molecule has 0 amide bonds. The molecule has 6 rings (SSSR count). The number of nitrogens with two attached hydrogens (primary N) is 4. The van der Waals surface area contributed by atoms with Crippen LogP contribution >= 0.6 is 0 Å². The number of nitrogen functional groups attached to an aromatic ring is 4. The minimum absolute atomic E-state index is 0. The van der Waals surface area contributed by atoms with E-state index in [0.29, 0.717) is 28.0 Å². The van der Waals surface area contributed by atoms with Crippen molar-refractivity contribution in [2.75, 3.05) is 22.9 Å². The van der Waals surface area contributed by atoms with Gasteiger partial charge in [0.1, 0.15) is 37.3 Å². The minimum atomic E-state index is -4.84. The van der Waals surface area contributed by atoms with Crippen LogP contribution in [0.2, 0.25) is 0 Å². The van der Waals surface area contributed by atoms with E-state index in [4.69, 9.17) is 22.9 Å². The molecule has 0 bridgehead atoms. The first kappa shape index (κ1) is 43.1. The average molecular weight is 795 g/mol. The molecule has 6 aromatic carbocycles. The largest absolute Gasteiger partial charge is 1.00 e. The molecule has 20 heteroatoms. The van der Waals surface area contributed by atoms with Gasteiger partial charge in [-0.05, 0) is 78.2 Å². The van der Waals surface area contributed by atoms with E-state index in [1.165, 1.54) is 37.3 Å². The summed E-state index contributed by atoms with van der Waals surface area (Å²) in [7, 11) is -9.55. The van der Waals surface area contributed by atoms with Gasteiger partial charge in [0.15, 0.2) is 0 Å². The van der Waals surface area contributed by atoms with Crippen LogP contribution in [-0.2, 0) is 20.2 Å². The summed E-state index contributed by atoms with van der Waals surface area (Å²) in [4.78, 5) is -0.970. The Hall–Kier alpha value is -4.60. The van der Waals surface area contributed by atoms with Crippen LogP contribution in [0.3, 0.4) is 0 Å². The summed E-state index contributed by atoms with van der Waals surface area (Å²) in [5, 5.41) is 25.8. The number of anilines is 4. The molecule has 8 N–H and O–H groups in total. The zero-order chi connectivity index (χ0) is 38.1. The smallest absolute Gasteiger partial charge is 0.744 e. The number of hydrogen-bond acceptors (Lipinski definition) is 16. The topological polar surface area (TPSA) is 293 Å². The van der Waals surface area contributed by atoms with Crippen LogP contribution in [-0.4, -0.2) is 25.9 Å². The van der Waals surface area contributed by atoms with Crippen LogP contribution in [0.5, 0.6) is 0 Å². The third-order valence-electron chi connectivity index (χ3n) is 8.00. The second kappa shape index (κ2) is 17.5. The van der Waals surface area contributed by atoms with E-state index in [-0.39, 0.29) is 109 Å². The van der Waals surface area contributed by atoms with Crippen molar-refractivity contribution in [1.82, 2.24) is 0 Å². The zero-order valence-corrected chi connectivity index (χ0v) is 35.2. The number of nitrogens with zero attached hydrogens (tertiary/aromatic N) is 6. The molecule has 0 spiro atoms. The third kappa shape index (κ3) is 9.80. The molecular weight excluding hydrogens is 767 g/mol. The summed E-state index contributed by atoms with van der Waals surface area (Å²) in [6.45, 7) is 1.53. The summed E-state index contributed by atoms with van der Waals surface area (Å²) in [5.41, 5.74) is 28.1. The van der Waals surface area contributed by atoms with Gasteiger partial charge in [0.05, 0.1) is 49.6 Å². The maximum Gasteiger partial charge on any atom is 1.00 e. The molecule has 0 saturated carbocycles. The predicted octanol–water partition coefficient (Wildman–Crippen LogP) is 2.21. The van der Waals surface area contributed by atoms with Crippen molar-refractivity contribution in [2.24, 2.45) is 30.7 Å². The van der Waals surface area contributed by atoms with E-state index in [0.717, 1.165) is 17.2 Å². The Balaban J connectivity index is 0.00000336. The van der Waals surface area contributed by atoms with Gasteiger partial charge in [0.25, 0.3) is 0 Å². The zero-order valence-electron chi connectivity index (χ0n) is 29.6. The number of hydrogen-bond donors (Lipinski definition) is 4. The molecule has 6 aromatic rings. The van der Waals surface area contributed by atoms with Crippen molar-refractivity contribution in [1.29, 1.82) is 0 Å². The first-order valence-corrected chi connectivity index (χ1v) is 18.2. The molecule has 0 aromatic heterocycles. The minimum Gasteiger partial charge on any atom is -0.744 e. The summed E-state index contributed by atoms with van der Waals surface area (Å²) in [6.07, 6.45) is 0. The van der Waals surface area contributed by atoms with E-state index in [1.807, 2.05) is 12.1 Å². The summed E-state index contributed by atoms with van der Waals surface area (Å²) in [6, 6.07) is 27.3. The normalized spacial score (nSPS) is 12.0. The van der Waals surface area contributed by atoms with Crippen LogP contribution in [0.25, 0.3) is 21.9 Å². The molecule has 0 aliphatic carbocycles. The summed E-state index contributed by atoms with van der Waals surface area (Å²) >= 11 is 0. The Kier molecular flexibility index (Phi) is 13.7. The number of aryl methyl sites for hydroxylation is 1. The van der Waals surface area contributed by atoms with Crippen LogP contribution in [0.15, 0.2) is 144 Å². The fourth-order valence-corrected chi connectivity index (χ4v) is 6.60. The molecule has 0 atom stereocenters. The van der Waals surface area contributed by atoms with Crippen molar-refractivity contribution in [2.45, 2.75) is 16.7 Å². The third-order valence-corrected chi connectivity index (χ3v) is 9.77. The van der Waals surface area contributed by atoms with Gasteiger partial charge >= 0.3 is 59.1 Å². The van der Waals surface area contributed by atoms with Gasteiger partial charge in [0.2, 0.25) is 0 Å². The standard InChI is InChI=1S/C35H30N10O6S2.2Na/c1-19-16-32(53(49,50)51)34(39)35(33(19)38)45-41-23-12-8-21(9-13-23)20-6-10-22(11-7-20)40-43-29-18-30(27(37)17-26(29)36)44-42-28-14-15-31(52(46,47)48)25-5-3-2-4-24(25)28;;/h2-18H,36-39H2,1H3,(H,46,47,48)(H,49,50,51);;/q;2*+1/p-2. The molecule has 0 saturated heterocycles. The van der Waals surface area contributed by atoms with Crippen molar-refractivity contribution in [3.8, 4) is 11.1 Å². The number of benzene rings is 6. The van der Waals surface area contributed by atoms with E-state index in [1.54, 1.807) is 54.6 Å². The molecule has 268 valence electrons. The Morgan fingerprint density at radius 1 is 0.491 bits per heavy atom. The Bertz CT molecular complexity index is 2730. The Morgan fingerprint density at radius 3 is 1.49 bits per heavy atom. The first-order valence-electron chi connectivity index (χ1n) is 15.4. The molecule has 0 aliphatic rings. The van der Waals surface area contributed by atoms with Gasteiger partial charge in [-0.3, -0.25) is 0 Å². The molecule has 55 heavy (non-hydrogen) atoms. The van der Waals surface area contributed by atoms with E-state index in [2.05, 4.69) is 30.7 Å². The van der Waals surface area contributed by atoms with Crippen LogP contribution in [0.1, 0.15) is 5.56 Å². The van der Waals surface area contributed by atoms with Crippen LogP contribution in [0, 0.1) is 6.92 Å². The van der Waals surface area contributed by atoms with Gasteiger partial charge in [0, 0.05) is 10.8 Å². The van der Waals surface area contributed by atoms with E-state index < -0.39 is 25.1 Å².